The zero-order valence-electron chi connectivity index (χ0n) is 11.1. The average molecular weight is 264 g/mol. The van der Waals surface area contributed by atoms with Crippen molar-refractivity contribution in [1.29, 1.82) is 0 Å². The molecule has 6 atom stereocenters. The van der Waals surface area contributed by atoms with Crippen LogP contribution in [0.4, 0.5) is 0 Å². The third-order valence-electron chi connectivity index (χ3n) is 5.47. The minimum absolute atomic E-state index is 0.0587. The van der Waals surface area contributed by atoms with Gasteiger partial charge in [-0.1, -0.05) is 0 Å². The molecule has 4 aliphatic heterocycles. The van der Waals surface area contributed by atoms with Crippen LogP contribution in [0.25, 0.3) is 0 Å². The molecule has 0 aromatic heterocycles. The number of carbonyl (C=O) groups excluding carboxylic acids is 2. The van der Waals surface area contributed by atoms with Gasteiger partial charge in [0.1, 0.15) is 0 Å². The Morgan fingerprint density at radius 3 is 1.58 bits per heavy atom. The van der Waals surface area contributed by atoms with Gasteiger partial charge in [-0.2, -0.15) is 0 Å². The first-order valence-corrected chi connectivity index (χ1v) is 7.41. The number of fused-ring (bicyclic) bond motifs is 4. The lowest BCUT2D eigenvalue weighted by atomic mass is 9.91. The molecule has 4 heterocycles. The molecule has 5 heteroatoms. The lowest BCUT2D eigenvalue weighted by Crippen LogP contribution is -2.36. The zero-order chi connectivity index (χ0) is 13.0. The summed E-state index contributed by atoms with van der Waals surface area (Å²) in [6.07, 6.45) is 2.15. The Labute approximate surface area is 112 Å². The summed E-state index contributed by atoms with van der Waals surface area (Å²) in [5.74, 6) is 0.186. The van der Waals surface area contributed by atoms with Crippen molar-refractivity contribution in [3.63, 3.8) is 0 Å². The van der Waals surface area contributed by atoms with E-state index < -0.39 is 0 Å². The van der Waals surface area contributed by atoms with E-state index in [1.807, 2.05) is 0 Å². The van der Waals surface area contributed by atoms with Crippen LogP contribution in [0.1, 0.15) is 12.8 Å². The summed E-state index contributed by atoms with van der Waals surface area (Å²) in [6, 6.07) is 0. The van der Waals surface area contributed by atoms with Gasteiger partial charge >= 0.3 is 11.9 Å². The van der Waals surface area contributed by atoms with E-state index in [9.17, 15) is 9.59 Å². The zero-order valence-corrected chi connectivity index (χ0v) is 11.1. The van der Waals surface area contributed by atoms with Gasteiger partial charge in [-0.25, -0.2) is 0 Å². The van der Waals surface area contributed by atoms with E-state index in [0.29, 0.717) is 11.8 Å². The van der Waals surface area contributed by atoms with E-state index in [2.05, 4.69) is 9.80 Å². The van der Waals surface area contributed by atoms with Crippen LogP contribution in [0.5, 0.6) is 0 Å². The molecule has 4 aliphatic rings. The third-order valence-corrected chi connectivity index (χ3v) is 5.47. The van der Waals surface area contributed by atoms with Gasteiger partial charge in [0.25, 0.3) is 0 Å². The van der Waals surface area contributed by atoms with Crippen LogP contribution in [0.15, 0.2) is 0 Å². The van der Waals surface area contributed by atoms with Crippen molar-refractivity contribution in [3.05, 3.63) is 0 Å². The Morgan fingerprint density at radius 2 is 1.26 bits per heavy atom. The Balaban J connectivity index is 1.36. The normalized spacial score (nSPS) is 46.7. The molecule has 4 rings (SSSR count). The fourth-order valence-corrected chi connectivity index (χ4v) is 4.35. The summed E-state index contributed by atoms with van der Waals surface area (Å²) >= 11 is 0. The SMILES string of the molecule is O=C(OC(=O)C1CN2CCC1C2)C1CN2CCC1C2. The molecular weight excluding hydrogens is 244 g/mol. The number of ether oxygens (including phenoxy) is 1. The molecule has 6 unspecified atom stereocenters. The monoisotopic (exact) mass is 264 g/mol. The van der Waals surface area contributed by atoms with Crippen LogP contribution >= 0.6 is 0 Å². The van der Waals surface area contributed by atoms with Gasteiger partial charge in [0.05, 0.1) is 11.8 Å². The van der Waals surface area contributed by atoms with Crippen molar-refractivity contribution < 1.29 is 14.3 Å². The van der Waals surface area contributed by atoms with Gasteiger partial charge < -0.3 is 14.5 Å². The summed E-state index contributed by atoms with van der Waals surface area (Å²) in [6.45, 7) is 5.79. The molecular formula is C14H20N2O3. The van der Waals surface area contributed by atoms with E-state index in [1.54, 1.807) is 0 Å². The molecule has 0 aromatic carbocycles. The summed E-state index contributed by atoms with van der Waals surface area (Å²) in [5.41, 5.74) is 0. The second-order valence-corrected chi connectivity index (χ2v) is 6.57. The van der Waals surface area contributed by atoms with E-state index in [-0.39, 0.29) is 23.8 Å². The minimum atomic E-state index is -0.269. The first-order chi connectivity index (χ1) is 9.20. The molecule has 5 nitrogen and oxygen atoms in total. The average Bonchev–Trinajstić information content (AvgIpc) is 3.17. The van der Waals surface area contributed by atoms with Crippen molar-refractivity contribution in [2.45, 2.75) is 12.8 Å². The molecule has 0 amide bonds. The maximum atomic E-state index is 12.1. The smallest absolute Gasteiger partial charge is 0.318 e. The number of rotatable bonds is 2. The largest absolute Gasteiger partial charge is 0.393 e. The summed E-state index contributed by atoms with van der Waals surface area (Å²) in [7, 11) is 0. The molecule has 0 aliphatic carbocycles. The second kappa shape index (κ2) is 4.28. The molecule has 0 spiro atoms. The van der Waals surface area contributed by atoms with Crippen LogP contribution in [0.3, 0.4) is 0 Å². The van der Waals surface area contributed by atoms with Crippen molar-refractivity contribution >= 4 is 11.9 Å². The van der Waals surface area contributed by atoms with Crippen molar-refractivity contribution in [2.24, 2.45) is 23.7 Å². The highest BCUT2D eigenvalue weighted by molar-refractivity contribution is 5.88. The third kappa shape index (κ3) is 1.91. The topological polar surface area (TPSA) is 49.9 Å². The number of carbonyl (C=O) groups is 2. The second-order valence-electron chi connectivity index (χ2n) is 6.57. The first-order valence-electron chi connectivity index (χ1n) is 7.41. The summed E-state index contributed by atoms with van der Waals surface area (Å²) in [4.78, 5) is 28.8. The highest BCUT2D eigenvalue weighted by Gasteiger charge is 2.46. The van der Waals surface area contributed by atoms with E-state index in [1.165, 1.54) is 0 Å². The molecule has 19 heavy (non-hydrogen) atoms. The van der Waals surface area contributed by atoms with Crippen LogP contribution in [0, 0.1) is 23.7 Å². The number of esters is 2. The number of piperidine rings is 2. The van der Waals surface area contributed by atoms with Gasteiger partial charge in [0, 0.05) is 26.2 Å². The van der Waals surface area contributed by atoms with Gasteiger partial charge in [0.2, 0.25) is 0 Å². The molecule has 4 saturated heterocycles. The molecule has 4 bridgehead atoms. The van der Waals surface area contributed by atoms with Crippen LogP contribution in [-0.4, -0.2) is 61.0 Å². The molecule has 104 valence electrons. The minimum Gasteiger partial charge on any atom is -0.393 e. The summed E-state index contributed by atoms with van der Waals surface area (Å²) in [5, 5.41) is 0. The number of hydrogen-bond donors (Lipinski definition) is 0. The maximum Gasteiger partial charge on any atom is 0.318 e. The number of nitrogens with zero attached hydrogens (tertiary/aromatic N) is 2. The Morgan fingerprint density at radius 1 is 0.789 bits per heavy atom. The van der Waals surface area contributed by atoms with Crippen LogP contribution in [0.2, 0.25) is 0 Å². The highest BCUT2D eigenvalue weighted by atomic mass is 16.6. The van der Waals surface area contributed by atoms with E-state index >= 15 is 0 Å². The molecule has 0 saturated carbocycles. The Hall–Kier alpha value is -0.940. The van der Waals surface area contributed by atoms with Crippen molar-refractivity contribution in [2.75, 3.05) is 39.3 Å². The Bertz CT molecular complexity index is 387. The van der Waals surface area contributed by atoms with Crippen molar-refractivity contribution in [3.8, 4) is 0 Å². The van der Waals surface area contributed by atoms with Gasteiger partial charge in [-0.15, -0.1) is 0 Å². The fourth-order valence-electron chi connectivity index (χ4n) is 4.35. The van der Waals surface area contributed by atoms with E-state index in [4.69, 9.17) is 4.74 Å². The van der Waals surface area contributed by atoms with Crippen molar-refractivity contribution in [1.82, 2.24) is 9.80 Å². The lowest BCUT2D eigenvalue weighted by molar-refractivity contribution is -0.167. The maximum absolute atomic E-state index is 12.1. The van der Waals surface area contributed by atoms with Gasteiger partial charge in [-0.05, 0) is 37.8 Å². The summed E-state index contributed by atoms with van der Waals surface area (Å²) < 4.78 is 5.19. The van der Waals surface area contributed by atoms with Gasteiger partial charge in [0.15, 0.2) is 0 Å². The molecule has 0 aromatic rings. The quantitative estimate of drug-likeness (QED) is 0.517. The number of hydrogen-bond acceptors (Lipinski definition) is 5. The predicted molar refractivity (Wildman–Crippen MR) is 67.2 cm³/mol. The first kappa shape index (κ1) is 11.9. The Kier molecular flexibility index (Phi) is 2.67. The molecule has 0 N–H and O–H groups in total. The lowest BCUT2D eigenvalue weighted by Gasteiger charge is -2.23. The fraction of sp³-hybridized carbons (Fsp3) is 0.857. The standard InChI is InChI=1S/C14H20N2O3/c17-13(11-7-15-3-1-9(11)5-15)19-14(18)12-8-16-4-2-10(12)6-16/h9-12H,1-8H2. The van der Waals surface area contributed by atoms with E-state index in [0.717, 1.165) is 52.1 Å². The predicted octanol–water partition coefficient (Wildman–Crippen LogP) is -0.0404. The van der Waals surface area contributed by atoms with Crippen LogP contribution in [-0.2, 0) is 14.3 Å². The van der Waals surface area contributed by atoms with Gasteiger partial charge in [-0.3, -0.25) is 9.59 Å². The van der Waals surface area contributed by atoms with Crippen LogP contribution < -0.4 is 0 Å². The molecule has 4 fully saturated rings. The molecule has 0 radical (unpaired) electrons. The highest BCUT2D eigenvalue weighted by Crippen LogP contribution is 2.36.